The van der Waals surface area contributed by atoms with E-state index < -0.39 is 0 Å². The average Bonchev–Trinajstić information content (AvgIpc) is 2.65. The van der Waals surface area contributed by atoms with Gasteiger partial charge >= 0.3 is 5.97 Å². The van der Waals surface area contributed by atoms with Crippen molar-refractivity contribution in [2.24, 2.45) is 11.8 Å². The third-order valence-corrected chi connectivity index (χ3v) is 4.34. The summed E-state index contributed by atoms with van der Waals surface area (Å²) in [6.45, 7) is 7.06. The lowest BCUT2D eigenvalue weighted by Gasteiger charge is -2.24. The molecule has 0 N–H and O–H groups in total. The Labute approximate surface area is 157 Å². The number of carbonyl (C=O) groups is 1. The molecule has 0 radical (unpaired) electrons. The first-order valence-electron chi connectivity index (χ1n) is 9.47. The lowest BCUT2D eigenvalue weighted by atomic mass is 9.89. The highest BCUT2D eigenvalue weighted by atomic mass is 16.5. The van der Waals surface area contributed by atoms with Crippen LogP contribution < -0.4 is 0 Å². The van der Waals surface area contributed by atoms with E-state index in [0.717, 1.165) is 17.5 Å². The van der Waals surface area contributed by atoms with Crippen molar-refractivity contribution >= 4 is 5.97 Å². The molecular weight excluding hydrogens is 324 g/mol. The zero-order valence-electron chi connectivity index (χ0n) is 16.1. The molecule has 0 aliphatic heterocycles. The molecule has 26 heavy (non-hydrogen) atoms. The van der Waals surface area contributed by atoms with Gasteiger partial charge in [-0.2, -0.15) is 0 Å². The van der Waals surface area contributed by atoms with Gasteiger partial charge in [-0.3, -0.25) is 4.79 Å². The summed E-state index contributed by atoms with van der Waals surface area (Å²) in [5.41, 5.74) is 2.23. The summed E-state index contributed by atoms with van der Waals surface area (Å²) in [5, 5.41) is 0. The van der Waals surface area contributed by atoms with E-state index in [1.807, 2.05) is 43.3 Å². The Hall–Kier alpha value is -2.13. The van der Waals surface area contributed by atoms with Gasteiger partial charge in [0.2, 0.25) is 0 Å². The van der Waals surface area contributed by atoms with Gasteiger partial charge in [0.1, 0.15) is 0 Å². The Morgan fingerprint density at radius 2 is 1.54 bits per heavy atom. The van der Waals surface area contributed by atoms with E-state index >= 15 is 0 Å². The largest absolute Gasteiger partial charge is 0.466 e. The van der Waals surface area contributed by atoms with E-state index in [-0.39, 0.29) is 18.0 Å². The van der Waals surface area contributed by atoms with Crippen LogP contribution in [0.25, 0.3) is 0 Å². The highest BCUT2D eigenvalue weighted by Crippen LogP contribution is 2.30. The quantitative estimate of drug-likeness (QED) is 0.524. The molecule has 0 aromatic heterocycles. The second-order valence-electron chi connectivity index (χ2n) is 7.01. The van der Waals surface area contributed by atoms with Crippen molar-refractivity contribution in [1.82, 2.24) is 0 Å². The van der Waals surface area contributed by atoms with Gasteiger partial charge in [0.05, 0.1) is 25.2 Å². The Kier molecular flexibility index (Phi) is 8.36. The molecule has 0 aliphatic rings. The lowest BCUT2D eigenvalue weighted by Crippen LogP contribution is -2.23. The van der Waals surface area contributed by atoms with Crippen molar-refractivity contribution in [1.29, 1.82) is 0 Å². The van der Waals surface area contributed by atoms with Crippen LogP contribution in [0.5, 0.6) is 0 Å². The molecule has 140 valence electrons. The first kappa shape index (κ1) is 20.2. The van der Waals surface area contributed by atoms with Crippen molar-refractivity contribution in [3.05, 3.63) is 71.8 Å². The SMILES string of the molecule is CCOC(=O)[C@H](CC(C)C)C[C@H](OCc1ccccc1)c1ccccc1. The number of hydrogen-bond donors (Lipinski definition) is 0. The molecule has 2 atom stereocenters. The predicted molar refractivity (Wildman–Crippen MR) is 105 cm³/mol. The van der Waals surface area contributed by atoms with Crippen molar-refractivity contribution in [2.45, 2.75) is 46.3 Å². The lowest BCUT2D eigenvalue weighted by molar-refractivity contribution is -0.150. The summed E-state index contributed by atoms with van der Waals surface area (Å²) in [4.78, 5) is 12.4. The number of hydrogen-bond acceptors (Lipinski definition) is 3. The zero-order valence-corrected chi connectivity index (χ0v) is 16.1. The number of rotatable bonds is 10. The minimum atomic E-state index is -0.157. The summed E-state index contributed by atoms with van der Waals surface area (Å²) < 4.78 is 11.6. The molecule has 0 unspecified atom stereocenters. The molecule has 0 heterocycles. The van der Waals surface area contributed by atoms with Gasteiger partial charge in [0.25, 0.3) is 0 Å². The maximum atomic E-state index is 12.4. The molecule has 2 aromatic rings. The fourth-order valence-corrected chi connectivity index (χ4v) is 3.12. The molecule has 0 saturated heterocycles. The Morgan fingerprint density at radius 3 is 2.12 bits per heavy atom. The summed E-state index contributed by atoms with van der Waals surface area (Å²) in [6.07, 6.45) is 1.30. The van der Waals surface area contributed by atoms with Crippen molar-refractivity contribution in [3.63, 3.8) is 0 Å². The second kappa shape index (κ2) is 10.8. The van der Waals surface area contributed by atoms with E-state index in [9.17, 15) is 4.79 Å². The van der Waals surface area contributed by atoms with Crippen LogP contribution in [0.3, 0.4) is 0 Å². The molecule has 2 rings (SSSR count). The van der Waals surface area contributed by atoms with Crippen LogP contribution in [-0.2, 0) is 20.9 Å². The number of benzene rings is 2. The van der Waals surface area contributed by atoms with Crippen molar-refractivity contribution in [3.8, 4) is 0 Å². The monoisotopic (exact) mass is 354 g/mol. The second-order valence-corrected chi connectivity index (χ2v) is 7.01. The summed E-state index contributed by atoms with van der Waals surface area (Å²) in [5.74, 6) is 0.149. The number of ether oxygens (including phenoxy) is 2. The highest BCUT2D eigenvalue weighted by Gasteiger charge is 2.26. The topological polar surface area (TPSA) is 35.5 Å². The van der Waals surface area contributed by atoms with E-state index in [2.05, 4.69) is 38.1 Å². The molecule has 0 aliphatic carbocycles. The van der Waals surface area contributed by atoms with Crippen molar-refractivity contribution in [2.75, 3.05) is 6.61 Å². The standard InChI is InChI=1S/C23H30O3/c1-4-25-23(24)21(15-18(2)3)16-22(20-13-9-6-10-14-20)26-17-19-11-7-5-8-12-19/h5-14,18,21-22H,4,15-17H2,1-3H3/t21-,22+/m1/s1. The molecule has 3 nitrogen and oxygen atoms in total. The first-order valence-corrected chi connectivity index (χ1v) is 9.47. The van der Waals surface area contributed by atoms with Crippen LogP contribution in [0.15, 0.2) is 60.7 Å². The van der Waals surface area contributed by atoms with Crippen LogP contribution in [0.1, 0.15) is 50.8 Å². The van der Waals surface area contributed by atoms with Crippen LogP contribution in [0.4, 0.5) is 0 Å². The molecule has 0 saturated carbocycles. The molecule has 0 fully saturated rings. The van der Waals surface area contributed by atoms with Crippen LogP contribution in [0.2, 0.25) is 0 Å². The summed E-state index contributed by atoms with van der Waals surface area (Å²) in [6, 6.07) is 20.3. The maximum Gasteiger partial charge on any atom is 0.309 e. The van der Waals surface area contributed by atoms with Gasteiger partial charge in [-0.25, -0.2) is 0 Å². The van der Waals surface area contributed by atoms with Crippen LogP contribution in [0, 0.1) is 11.8 Å². The third-order valence-electron chi connectivity index (χ3n) is 4.34. The normalized spacial score (nSPS) is 13.4. The van der Waals surface area contributed by atoms with E-state index in [0.29, 0.717) is 25.6 Å². The predicted octanol–water partition coefficient (Wildman–Crippen LogP) is 5.56. The minimum absolute atomic E-state index is 0.120. The molecule has 3 heteroatoms. The van der Waals surface area contributed by atoms with Gasteiger partial charge in [-0.05, 0) is 36.8 Å². The van der Waals surface area contributed by atoms with Gasteiger partial charge in [-0.1, -0.05) is 74.5 Å². The summed E-state index contributed by atoms with van der Waals surface area (Å²) >= 11 is 0. The highest BCUT2D eigenvalue weighted by molar-refractivity contribution is 5.72. The maximum absolute atomic E-state index is 12.4. The Bertz CT molecular complexity index is 637. The first-order chi connectivity index (χ1) is 12.6. The zero-order chi connectivity index (χ0) is 18.8. The number of carbonyl (C=O) groups excluding carboxylic acids is 1. The smallest absolute Gasteiger partial charge is 0.309 e. The summed E-state index contributed by atoms with van der Waals surface area (Å²) in [7, 11) is 0. The fourth-order valence-electron chi connectivity index (χ4n) is 3.12. The van der Waals surface area contributed by atoms with Gasteiger partial charge < -0.3 is 9.47 Å². The van der Waals surface area contributed by atoms with Crippen LogP contribution in [-0.4, -0.2) is 12.6 Å². The minimum Gasteiger partial charge on any atom is -0.466 e. The van der Waals surface area contributed by atoms with Crippen LogP contribution >= 0.6 is 0 Å². The molecular formula is C23H30O3. The van der Waals surface area contributed by atoms with E-state index in [1.54, 1.807) is 0 Å². The van der Waals surface area contributed by atoms with Gasteiger partial charge in [-0.15, -0.1) is 0 Å². The van der Waals surface area contributed by atoms with Gasteiger partial charge in [0, 0.05) is 0 Å². The average molecular weight is 354 g/mol. The number of esters is 1. The van der Waals surface area contributed by atoms with E-state index in [1.165, 1.54) is 0 Å². The fraction of sp³-hybridized carbons (Fsp3) is 0.435. The third kappa shape index (κ3) is 6.64. The van der Waals surface area contributed by atoms with Gasteiger partial charge in [0.15, 0.2) is 0 Å². The Balaban J connectivity index is 2.14. The molecule has 0 spiro atoms. The van der Waals surface area contributed by atoms with Crippen molar-refractivity contribution < 1.29 is 14.3 Å². The van der Waals surface area contributed by atoms with E-state index in [4.69, 9.17) is 9.47 Å². The Morgan fingerprint density at radius 1 is 0.923 bits per heavy atom. The molecule has 2 aromatic carbocycles. The molecule has 0 bridgehead atoms. The molecule has 0 amide bonds.